The quantitative estimate of drug-likeness (QED) is 0.382. The molecule has 94 valence electrons. The highest BCUT2D eigenvalue weighted by Crippen LogP contribution is 2.03. The normalized spacial score (nSPS) is 10.4. The first kappa shape index (κ1) is 13.4. The summed E-state index contributed by atoms with van der Waals surface area (Å²) in [5.41, 5.74) is 3.46. The fourth-order valence-electron chi connectivity index (χ4n) is 1.16. The zero-order valence-electron chi connectivity index (χ0n) is 10.1. The van der Waals surface area contributed by atoms with Gasteiger partial charge in [0.15, 0.2) is 0 Å². The third-order valence-corrected chi connectivity index (χ3v) is 2.00. The van der Waals surface area contributed by atoms with E-state index in [9.17, 15) is 4.79 Å². The van der Waals surface area contributed by atoms with Gasteiger partial charge in [0.25, 0.3) is 5.91 Å². The molecule has 0 saturated heterocycles. The van der Waals surface area contributed by atoms with Crippen LogP contribution in [-0.4, -0.2) is 30.1 Å². The van der Waals surface area contributed by atoms with E-state index >= 15 is 0 Å². The number of nitrogens with two attached hydrogens (primary N) is 1. The molecule has 4 N–H and O–H groups in total. The van der Waals surface area contributed by atoms with E-state index in [1.54, 1.807) is 12.1 Å². The molecule has 0 aliphatic carbocycles. The lowest BCUT2D eigenvalue weighted by Crippen LogP contribution is -2.28. The molecule has 1 amide bonds. The summed E-state index contributed by atoms with van der Waals surface area (Å²) in [7, 11) is 0. The van der Waals surface area contributed by atoms with Crippen molar-refractivity contribution < 1.29 is 9.53 Å². The van der Waals surface area contributed by atoms with Crippen molar-refractivity contribution in [2.75, 3.05) is 18.6 Å². The van der Waals surface area contributed by atoms with Gasteiger partial charge in [-0.25, -0.2) is 4.98 Å². The van der Waals surface area contributed by atoms with Crippen molar-refractivity contribution >= 4 is 11.6 Å². The predicted molar refractivity (Wildman–Crippen MR) is 65.5 cm³/mol. The summed E-state index contributed by atoms with van der Waals surface area (Å²) in [6, 6.07) is 3.29. The molecule has 0 bridgehead atoms. The number of amides is 1. The molecule has 0 spiro atoms. The van der Waals surface area contributed by atoms with Gasteiger partial charge in [-0.15, -0.1) is 0 Å². The molecule has 6 nitrogen and oxygen atoms in total. The number of carbonyl (C=O) groups excluding carboxylic acids is 1. The smallest absolute Gasteiger partial charge is 0.269 e. The maximum absolute atomic E-state index is 11.6. The number of ether oxygens (including phenoxy) is 1. The molecule has 0 unspecified atom stereocenters. The molecule has 6 heteroatoms. The molecule has 0 radical (unpaired) electrons. The molecule has 0 aromatic carbocycles. The Morgan fingerprint density at radius 2 is 2.29 bits per heavy atom. The second-order valence-corrected chi connectivity index (χ2v) is 3.75. The van der Waals surface area contributed by atoms with E-state index in [1.165, 1.54) is 6.20 Å². The highest BCUT2D eigenvalue weighted by atomic mass is 16.5. The highest BCUT2D eigenvalue weighted by Gasteiger charge is 2.06. The molecular weight excluding hydrogens is 220 g/mol. The van der Waals surface area contributed by atoms with Gasteiger partial charge in [0.1, 0.15) is 5.69 Å². The van der Waals surface area contributed by atoms with Gasteiger partial charge in [0.05, 0.1) is 24.6 Å². The molecule has 1 rings (SSSR count). The lowest BCUT2D eigenvalue weighted by atomic mass is 10.3. The summed E-state index contributed by atoms with van der Waals surface area (Å²) in [4.78, 5) is 15.6. The van der Waals surface area contributed by atoms with Gasteiger partial charge in [0, 0.05) is 6.54 Å². The van der Waals surface area contributed by atoms with Gasteiger partial charge >= 0.3 is 0 Å². The van der Waals surface area contributed by atoms with Crippen LogP contribution in [0.5, 0.6) is 0 Å². The Balaban J connectivity index is 2.36. The number of anilines is 1. The van der Waals surface area contributed by atoms with Gasteiger partial charge in [-0.1, -0.05) is 0 Å². The van der Waals surface area contributed by atoms with Crippen molar-refractivity contribution in [2.45, 2.75) is 20.0 Å². The van der Waals surface area contributed by atoms with E-state index < -0.39 is 0 Å². The maximum atomic E-state index is 11.6. The Bertz CT molecular complexity index is 351. The Labute approximate surface area is 101 Å². The number of hydrogen-bond acceptors (Lipinski definition) is 5. The van der Waals surface area contributed by atoms with Gasteiger partial charge in [-0.05, 0) is 26.0 Å². The highest BCUT2D eigenvalue weighted by molar-refractivity contribution is 5.92. The molecule has 1 heterocycles. The van der Waals surface area contributed by atoms with Crippen molar-refractivity contribution in [2.24, 2.45) is 5.84 Å². The van der Waals surface area contributed by atoms with Crippen LogP contribution in [0.2, 0.25) is 0 Å². The molecule has 0 aliphatic rings. The average Bonchev–Trinajstić information content (AvgIpc) is 2.34. The van der Waals surface area contributed by atoms with Crippen molar-refractivity contribution in [3.8, 4) is 0 Å². The molecule has 1 aromatic rings. The van der Waals surface area contributed by atoms with Crippen LogP contribution in [0.4, 0.5) is 5.69 Å². The molecular formula is C11H18N4O2. The fraction of sp³-hybridized carbons (Fsp3) is 0.455. The fourth-order valence-corrected chi connectivity index (χ4v) is 1.16. The number of carbonyl (C=O) groups is 1. The second kappa shape index (κ2) is 6.82. The van der Waals surface area contributed by atoms with Crippen LogP contribution in [0.3, 0.4) is 0 Å². The van der Waals surface area contributed by atoms with Crippen LogP contribution >= 0.6 is 0 Å². The number of nitrogen functional groups attached to an aromatic ring is 1. The van der Waals surface area contributed by atoms with E-state index in [1.807, 2.05) is 13.8 Å². The van der Waals surface area contributed by atoms with E-state index in [-0.39, 0.29) is 12.0 Å². The zero-order chi connectivity index (χ0) is 12.7. The molecule has 17 heavy (non-hydrogen) atoms. The van der Waals surface area contributed by atoms with E-state index in [0.717, 1.165) is 0 Å². The molecule has 0 atom stereocenters. The third kappa shape index (κ3) is 4.80. The Hall–Kier alpha value is -1.66. The van der Waals surface area contributed by atoms with Gasteiger partial charge in [-0.2, -0.15) is 0 Å². The minimum Gasteiger partial charge on any atom is -0.377 e. The van der Waals surface area contributed by atoms with Crippen LogP contribution in [0.25, 0.3) is 0 Å². The number of aromatic nitrogens is 1. The van der Waals surface area contributed by atoms with Crippen molar-refractivity contribution in [1.82, 2.24) is 10.3 Å². The monoisotopic (exact) mass is 238 g/mol. The van der Waals surface area contributed by atoms with Crippen molar-refractivity contribution in [3.05, 3.63) is 24.0 Å². The summed E-state index contributed by atoms with van der Waals surface area (Å²) in [6.07, 6.45) is 1.67. The van der Waals surface area contributed by atoms with Gasteiger partial charge in [-0.3, -0.25) is 10.6 Å². The molecule has 1 aromatic heterocycles. The Morgan fingerprint density at radius 1 is 1.53 bits per heavy atom. The Morgan fingerprint density at radius 3 is 2.82 bits per heavy atom. The average molecular weight is 238 g/mol. The van der Waals surface area contributed by atoms with Crippen LogP contribution in [-0.2, 0) is 4.74 Å². The van der Waals surface area contributed by atoms with Crippen LogP contribution in [0, 0.1) is 0 Å². The first-order valence-electron chi connectivity index (χ1n) is 5.46. The lowest BCUT2D eigenvalue weighted by molar-refractivity contribution is 0.0745. The molecule has 0 fully saturated rings. The second-order valence-electron chi connectivity index (χ2n) is 3.75. The number of nitrogens with one attached hydrogen (secondary N) is 2. The predicted octanol–water partition coefficient (Wildman–Crippen LogP) is 0.522. The summed E-state index contributed by atoms with van der Waals surface area (Å²) in [5, 5.41) is 2.71. The van der Waals surface area contributed by atoms with Crippen LogP contribution < -0.4 is 16.6 Å². The minimum absolute atomic E-state index is 0.167. The SMILES string of the molecule is CC(C)OCCNC(=O)c1ccc(NN)cn1. The zero-order valence-corrected chi connectivity index (χ0v) is 10.1. The topological polar surface area (TPSA) is 89.3 Å². The number of nitrogens with zero attached hydrogens (tertiary/aromatic N) is 1. The summed E-state index contributed by atoms with van der Waals surface area (Å²) in [6.45, 7) is 4.85. The third-order valence-electron chi connectivity index (χ3n) is 2.00. The Kier molecular flexibility index (Phi) is 5.38. The summed E-state index contributed by atoms with van der Waals surface area (Å²) in [5.74, 6) is 4.97. The number of pyridine rings is 1. The van der Waals surface area contributed by atoms with E-state index in [4.69, 9.17) is 10.6 Å². The number of hydrogen-bond donors (Lipinski definition) is 3. The largest absolute Gasteiger partial charge is 0.377 e. The molecule has 0 saturated carbocycles. The van der Waals surface area contributed by atoms with Crippen molar-refractivity contribution in [1.29, 1.82) is 0 Å². The maximum Gasteiger partial charge on any atom is 0.269 e. The standard InChI is InChI=1S/C11H18N4O2/c1-8(2)17-6-5-13-11(16)10-4-3-9(15-12)7-14-10/h3-4,7-8,15H,5-6,12H2,1-2H3,(H,13,16). The van der Waals surface area contributed by atoms with Crippen LogP contribution in [0.1, 0.15) is 24.3 Å². The number of rotatable bonds is 6. The number of hydrazine groups is 1. The van der Waals surface area contributed by atoms with Gasteiger partial charge in [0.2, 0.25) is 0 Å². The van der Waals surface area contributed by atoms with E-state index in [0.29, 0.717) is 24.5 Å². The lowest BCUT2D eigenvalue weighted by Gasteiger charge is -2.08. The van der Waals surface area contributed by atoms with Crippen molar-refractivity contribution in [3.63, 3.8) is 0 Å². The van der Waals surface area contributed by atoms with Gasteiger partial charge < -0.3 is 15.5 Å². The molecule has 0 aliphatic heterocycles. The summed E-state index contributed by atoms with van der Waals surface area (Å²) >= 11 is 0. The van der Waals surface area contributed by atoms with E-state index in [2.05, 4.69) is 15.7 Å². The summed E-state index contributed by atoms with van der Waals surface area (Å²) < 4.78 is 5.30. The van der Waals surface area contributed by atoms with Crippen LogP contribution in [0.15, 0.2) is 18.3 Å². The first-order valence-corrected chi connectivity index (χ1v) is 5.46. The first-order chi connectivity index (χ1) is 8.13. The minimum atomic E-state index is -0.221.